The number of amidine groups is 1. The lowest BCUT2D eigenvalue weighted by Crippen LogP contribution is -2.41. The van der Waals surface area contributed by atoms with Gasteiger partial charge in [0.2, 0.25) is 5.91 Å². The molecule has 0 radical (unpaired) electrons. The molecule has 1 saturated carbocycles. The summed E-state index contributed by atoms with van der Waals surface area (Å²) < 4.78 is 0. The molecule has 3 N–H and O–H groups in total. The summed E-state index contributed by atoms with van der Waals surface area (Å²) in [6, 6.07) is 8.35. The van der Waals surface area contributed by atoms with Gasteiger partial charge < -0.3 is 16.0 Å². The average molecular weight is 393 g/mol. The average Bonchev–Trinajstić information content (AvgIpc) is 3.57. The van der Waals surface area contributed by atoms with Crippen LogP contribution in [0.1, 0.15) is 57.4 Å². The zero-order chi connectivity index (χ0) is 20.2. The lowest BCUT2D eigenvalue weighted by molar-refractivity contribution is -0.128. The highest BCUT2D eigenvalue weighted by Crippen LogP contribution is 2.30. The lowest BCUT2D eigenvalue weighted by Gasteiger charge is -2.30. The minimum atomic E-state index is 0.0859. The van der Waals surface area contributed by atoms with E-state index in [1.807, 2.05) is 11.0 Å². The topological polar surface area (TPSA) is 70.7 Å². The van der Waals surface area contributed by atoms with Crippen LogP contribution < -0.4 is 11.1 Å². The highest BCUT2D eigenvalue weighted by molar-refractivity contribution is 6.00. The van der Waals surface area contributed by atoms with E-state index in [1.165, 1.54) is 36.8 Å². The van der Waals surface area contributed by atoms with E-state index in [4.69, 9.17) is 10.7 Å². The van der Waals surface area contributed by atoms with Crippen molar-refractivity contribution in [2.45, 2.75) is 51.9 Å². The smallest absolute Gasteiger partial charge is 0.219 e. The van der Waals surface area contributed by atoms with Gasteiger partial charge >= 0.3 is 0 Å². The van der Waals surface area contributed by atoms with Gasteiger partial charge in [0.25, 0.3) is 0 Å². The first-order valence-electron chi connectivity index (χ1n) is 11.0. The molecule has 3 aliphatic rings. The third kappa shape index (κ3) is 5.08. The lowest BCUT2D eigenvalue weighted by atomic mass is 9.93. The molecule has 1 aromatic rings. The SMILES string of the molecule is CC(=O)N1CCC(NCC2CC2)=C(C(N)=Nc2cccc(C3=CCCCC3)c2)C1. The van der Waals surface area contributed by atoms with Crippen LogP contribution in [0.3, 0.4) is 0 Å². The normalized spacial score (nSPS) is 20.5. The van der Waals surface area contributed by atoms with Gasteiger partial charge in [-0.3, -0.25) is 4.79 Å². The summed E-state index contributed by atoms with van der Waals surface area (Å²) in [6.07, 6.45) is 10.6. The van der Waals surface area contributed by atoms with Crippen LogP contribution in [0.5, 0.6) is 0 Å². The van der Waals surface area contributed by atoms with Crippen LogP contribution in [0.15, 0.2) is 46.6 Å². The summed E-state index contributed by atoms with van der Waals surface area (Å²) in [5.41, 5.74) is 12.1. The van der Waals surface area contributed by atoms with Crippen LogP contribution in [0, 0.1) is 5.92 Å². The van der Waals surface area contributed by atoms with Crippen LogP contribution in [0.25, 0.3) is 5.57 Å². The molecular formula is C24H32N4O. The Bertz CT molecular complexity index is 863. The van der Waals surface area contributed by atoms with E-state index in [1.54, 1.807) is 6.92 Å². The number of carbonyl (C=O) groups excluding carboxylic acids is 1. The molecule has 1 amide bonds. The molecule has 29 heavy (non-hydrogen) atoms. The second-order valence-corrected chi connectivity index (χ2v) is 8.49. The Morgan fingerprint density at radius 3 is 2.86 bits per heavy atom. The van der Waals surface area contributed by atoms with Crippen molar-refractivity contribution in [3.63, 3.8) is 0 Å². The van der Waals surface area contributed by atoms with Crippen molar-refractivity contribution in [1.29, 1.82) is 0 Å². The predicted octanol–water partition coefficient (Wildman–Crippen LogP) is 4.14. The molecule has 0 unspecified atom stereocenters. The molecule has 1 aromatic carbocycles. The van der Waals surface area contributed by atoms with Gasteiger partial charge in [-0.15, -0.1) is 0 Å². The monoisotopic (exact) mass is 392 g/mol. The molecule has 2 aliphatic carbocycles. The van der Waals surface area contributed by atoms with Crippen LogP contribution in [0.2, 0.25) is 0 Å². The van der Waals surface area contributed by atoms with Gasteiger partial charge in [-0.1, -0.05) is 18.2 Å². The van der Waals surface area contributed by atoms with Crippen molar-refractivity contribution in [1.82, 2.24) is 10.2 Å². The van der Waals surface area contributed by atoms with Gasteiger partial charge in [0, 0.05) is 37.7 Å². The zero-order valence-corrected chi connectivity index (χ0v) is 17.4. The summed E-state index contributed by atoms with van der Waals surface area (Å²) in [4.78, 5) is 18.5. The fourth-order valence-electron chi connectivity index (χ4n) is 4.13. The minimum absolute atomic E-state index is 0.0859. The summed E-state index contributed by atoms with van der Waals surface area (Å²) in [5, 5.41) is 3.59. The Balaban J connectivity index is 1.58. The van der Waals surface area contributed by atoms with Gasteiger partial charge in [-0.05, 0) is 67.7 Å². The summed E-state index contributed by atoms with van der Waals surface area (Å²) in [6.45, 7) is 3.88. The summed E-state index contributed by atoms with van der Waals surface area (Å²) in [5.74, 6) is 1.39. The van der Waals surface area contributed by atoms with Gasteiger partial charge in [0.1, 0.15) is 5.84 Å². The molecule has 0 bridgehead atoms. The van der Waals surface area contributed by atoms with E-state index >= 15 is 0 Å². The molecule has 1 fully saturated rings. The molecule has 4 rings (SSSR count). The van der Waals surface area contributed by atoms with E-state index in [2.05, 4.69) is 29.6 Å². The second kappa shape index (κ2) is 8.85. The van der Waals surface area contributed by atoms with E-state index in [0.29, 0.717) is 12.4 Å². The number of allylic oxidation sites excluding steroid dienone is 2. The van der Waals surface area contributed by atoms with Crippen molar-refractivity contribution in [2.75, 3.05) is 19.6 Å². The van der Waals surface area contributed by atoms with Crippen molar-refractivity contribution in [3.05, 3.63) is 47.2 Å². The third-order valence-electron chi connectivity index (χ3n) is 6.16. The highest BCUT2D eigenvalue weighted by Gasteiger charge is 2.26. The summed E-state index contributed by atoms with van der Waals surface area (Å²) in [7, 11) is 0. The van der Waals surface area contributed by atoms with Crippen LogP contribution in [-0.2, 0) is 4.79 Å². The molecule has 0 aromatic heterocycles. The fourth-order valence-corrected chi connectivity index (χ4v) is 4.13. The number of hydrogen-bond donors (Lipinski definition) is 2. The van der Waals surface area contributed by atoms with Gasteiger partial charge in [0.05, 0.1) is 12.2 Å². The number of aliphatic imine (C=N–C) groups is 1. The first kappa shape index (κ1) is 19.7. The molecule has 0 spiro atoms. The van der Waals surface area contributed by atoms with Crippen LogP contribution in [-0.4, -0.2) is 36.3 Å². The van der Waals surface area contributed by atoms with Gasteiger partial charge in [-0.25, -0.2) is 4.99 Å². The summed E-state index contributed by atoms with van der Waals surface area (Å²) >= 11 is 0. The number of nitrogens with one attached hydrogen (secondary N) is 1. The van der Waals surface area contributed by atoms with Crippen LogP contribution >= 0.6 is 0 Å². The van der Waals surface area contributed by atoms with Crippen LogP contribution in [0.4, 0.5) is 5.69 Å². The second-order valence-electron chi connectivity index (χ2n) is 8.49. The number of hydrogen-bond acceptors (Lipinski definition) is 3. The van der Waals surface area contributed by atoms with Crippen molar-refractivity contribution >= 4 is 23.0 Å². The van der Waals surface area contributed by atoms with Crippen molar-refractivity contribution < 1.29 is 4.79 Å². The van der Waals surface area contributed by atoms with Gasteiger partial charge in [0.15, 0.2) is 0 Å². The Morgan fingerprint density at radius 1 is 1.28 bits per heavy atom. The van der Waals surface area contributed by atoms with E-state index in [-0.39, 0.29) is 5.91 Å². The first-order valence-corrected chi connectivity index (χ1v) is 11.0. The standard InChI is InChI=1S/C24H32N4O/c1-17(29)28-13-12-23(26-15-18-10-11-18)22(16-28)24(25)27-21-9-5-8-20(14-21)19-6-3-2-4-7-19/h5-6,8-9,14,18,26H,2-4,7,10-13,15-16H2,1H3,(H2,25,27). The Hall–Kier alpha value is -2.56. The molecule has 0 saturated heterocycles. The number of rotatable bonds is 6. The fraction of sp³-hybridized carbons (Fsp3) is 0.500. The number of nitrogens with zero attached hydrogens (tertiary/aromatic N) is 2. The van der Waals surface area contributed by atoms with E-state index in [0.717, 1.165) is 55.2 Å². The zero-order valence-electron chi connectivity index (χ0n) is 17.4. The molecule has 0 atom stereocenters. The van der Waals surface area contributed by atoms with E-state index in [9.17, 15) is 4.79 Å². The minimum Gasteiger partial charge on any atom is -0.388 e. The maximum atomic E-state index is 11.9. The largest absolute Gasteiger partial charge is 0.388 e. The molecule has 5 heteroatoms. The number of amides is 1. The maximum Gasteiger partial charge on any atom is 0.219 e. The third-order valence-corrected chi connectivity index (χ3v) is 6.16. The first-order chi connectivity index (χ1) is 14.1. The number of carbonyl (C=O) groups is 1. The molecule has 5 nitrogen and oxygen atoms in total. The molecule has 1 heterocycles. The maximum absolute atomic E-state index is 11.9. The van der Waals surface area contributed by atoms with Crippen molar-refractivity contribution in [2.24, 2.45) is 16.6 Å². The predicted molar refractivity (Wildman–Crippen MR) is 119 cm³/mol. The van der Waals surface area contributed by atoms with Gasteiger partial charge in [-0.2, -0.15) is 0 Å². The Kier molecular flexibility index (Phi) is 6.02. The Morgan fingerprint density at radius 2 is 2.14 bits per heavy atom. The quantitative estimate of drug-likeness (QED) is 0.565. The number of nitrogens with two attached hydrogens (primary N) is 1. The molecular weight excluding hydrogens is 360 g/mol. The van der Waals surface area contributed by atoms with E-state index < -0.39 is 0 Å². The molecule has 154 valence electrons. The molecule has 1 aliphatic heterocycles. The highest BCUT2D eigenvalue weighted by atomic mass is 16.2. The Labute approximate surface area is 173 Å². The van der Waals surface area contributed by atoms with Crippen molar-refractivity contribution in [3.8, 4) is 0 Å². The number of benzene rings is 1.